The third kappa shape index (κ3) is 5.44. The average molecular weight is 285 g/mol. The first-order valence-electron chi connectivity index (χ1n) is 5.59. The first-order chi connectivity index (χ1) is 8.59. The number of ether oxygens (including phenoxy) is 1. The summed E-state index contributed by atoms with van der Waals surface area (Å²) >= 11 is 0. The zero-order valence-electron chi connectivity index (χ0n) is 10.1. The van der Waals surface area contributed by atoms with Crippen LogP contribution in [-0.4, -0.2) is 19.8 Å². The Kier molecular flexibility index (Phi) is 4.76. The molecule has 8 heteroatoms. The number of benzene rings is 1. The summed E-state index contributed by atoms with van der Waals surface area (Å²) in [4.78, 5) is 0. The number of hydrogen-bond acceptors (Lipinski definition) is 1. The lowest BCUT2D eigenvalue weighted by atomic mass is 9.78. The molecule has 19 heavy (non-hydrogen) atoms. The Balaban J connectivity index is 2.68. The first-order valence-corrected chi connectivity index (χ1v) is 5.59. The van der Waals surface area contributed by atoms with E-state index in [4.69, 9.17) is 4.74 Å². The fourth-order valence-electron chi connectivity index (χ4n) is 1.51. The van der Waals surface area contributed by atoms with Crippen molar-refractivity contribution < 1.29 is 30.9 Å². The van der Waals surface area contributed by atoms with Gasteiger partial charge in [-0.2, -0.15) is 13.2 Å². The maximum atomic E-state index is 12.7. The van der Waals surface area contributed by atoms with E-state index in [1.54, 1.807) is 0 Å². The Hall–Kier alpha value is -1.34. The Morgan fingerprint density at radius 3 is 2.32 bits per heavy atom. The highest BCUT2D eigenvalue weighted by atomic mass is 19.4. The van der Waals surface area contributed by atoms with Gasteiger partial charge in [0.15, 0.2) is 0 Å². The highest BCUT2D eigenvalue weighted by Crippen LogP contribution is 2.22. The maximum Gasteiger partial charge on any atom is 0.513 e. The van der Waals surface area contributed by atoms with E-state index >= 15 is 0 Å². The molecule has 0 unspecified atom stereocenters. The van der Waals surface area contributed by atoms with Gasteiger partial charge in [0.05, 0.1) is 12.4 Å². The second-order valence-electron chi connectivity index (χ2n) is 4.18. The number of rotatable bonds is 5. The average Bonchev–Trinajstić information content (AvgIpc) is 2.23. The molecule has 0 aliphatic heterocycles. The fourth-order valence-corrected chi connectivity index (χ4v) is 1.51. The molecule has 1 aromatic rings. The summed E-state index contributed by atoms with van der Waals surface area (Å²) in [6.07, 6.45) is -5.78. The molecule has 0 saturated carbocycles. The predicted molar refractivity (Wildman–Crippen MR) is 60.7 cm³/mol. The molecule has 0 aromatic heterocycles. The summed E-state index contributed by atoms with van der Waals surface area (Å²) in [7, 11) is 0. The number of aryl methyl sites for hydroxylation is 1. The van der Waals surface area contributed by atoms with Crippen LogP contribution in [0.4, 0.5) is 26.1 Å². The molecule has 1 rings (SSSR count). The highest BCUT2D eigenvalue weighted by molar-refractivity contribution is 6.74. The molecule has 0 N–H and O–H groups in total. The van der Waals surface area contributed by atoms with E-state index < -0.39 is 37.4 Å². The molecule has 0 amide bonds. The highest BCUT2D eigenvalue weighted by Gasteiger charge is 2.30. The summed E-state index contributed by atoms with van der Waals surface area (Å²) in [5.41, 5.74) is -0.496. The van der Waals surface area contributed by atoms with Gasteiger partial charge in [0, 0.05) is 6.42 Å². The quantitative estimate of drug-likeness (QED) is 0.454. The van der Waals surface area contributed by atoms with Crippen LogP contribution in [0, 0.1) is 6.92 Å². The third-order valence-electron chi connectivity index (χ3n) is 2.38. The molecule has 0 radical (unpaired) electrons. The molecule has 0 spiro atoms. The summed E-state index contributed by atoms with van der Waals surface area (Å²) in [5, 5.41) is 0. The number of halogens is 6. The molecule has 0 saturated heterocycles. The third-order valence-corrected chi connectivity index (χ3v) is 2.38. The van der Waals surface area contributed by atoms with Gasteiger partial charge in [0.1, 0.15) is 0 Å². The van der Waals surface area contributed by atoms with Crippen molar-refractivity contribution >= 4 is 12.4 Å². The molecular formula is C11H12BF6O-. The molecular weight excluding hydrogens is 273 g/mol. The van der Waals surface area contributed by atoms with Gasteiger partial charge in [-0.3, -0.25) is 0 Å². The van der Waals surface area contributed by atoms with Gasteiger partial charge in [-0.25, -0.2) is 0 Å². The lowest BCUT2D eigenvalue weighted by Crippen LogP contribution is -2.35. The van der Waals surface area contributed by atoms with Gasteiger partial charge in [-0.15, -0.1) is 0 Å². The van der Waals surface area contributed by atoms with Crippen LogP contribution in [0.2, 0.25) is 0 Å². The van der Waals surface area contributed by atoms with E-state index in [9.17, 15) is 26.1 Å². The Labute approximate surface area is 106 Å². The van der Waals surface area contributed by atoms with Crippen LogP contribution in [0.1, 0.15) is 18.4 Å². The normalized spacial score (nSPS) is 12.6. The van der Waals surface area contributed by atoms with Crippen LogP contribution in [0.15, 0.2) is 18.2 Å². The van der Waals surface area contributed by atoms with E-state index in [1.165, 1.54) is 13.0 Å². The molecule has 0 aliphatic carbocycles. The van der Waals surface area contributed by atoms with Crippen LogP contribution >= 0.6 is 0 Å². The van der Waals surface area contributed by atoms with Gasteiger partial charge in [-0.05, 0) is 19.4 Å². The second-order valence-corrected chi connectivity index (χ2v) is 4.18. The monoisotopic (exact) mass is 285 g/mol. The van der Waals surface area contributed by atoms with Crippen LogP contribution < -0.4 is 10.2 Å². The zero-order chi connectivity index (χ0) is 14.7. The molecule has 0 aliphatic rings. The lowest BCUT2D eigenvalue weighted by molar-refractivity contribution is -0.136. The van der Waals surface area contributed by atoms with Gasteiger partial charge in [-0.1, -0.05) is 23.2 Å². The standard InChI is InChI=1S/C11H12BF6O/c1-8-3-4-10(9(7-8)12(16,17)18)19-6-2-5-11(13,14)15/h3-4,7H,2,5-6H2,1H3/q-1. The Bertz CT molecular complexity index is 426. The molecule has 0 fully saturated rings. The summed E-state index contributed by atoms with van der Waals surface area (Å²) in [5.74, 6) is -0.416. The molecule has 1 aromatic carbocycles. The number of alkyl halides is 3. The second kappa shape index (κ2) is 5.75. The van der Waals surface area contributed by atoms with E-state index in [2.05, 4.69) is 0 Å². The van der Waals surface area contributed by atoms with Gasteiger partial charge in [0.25, 0.3) is 0 Å². The number of hydrogen-bond donors (Lipinski definition) is 0. The topological polar surface area (TPSA) is 9.23 Å². The van der Waals surface area contributed by atoms with Crippen molar-refractivity contribution in [1.29, 1.82) is 0 Å². The Morgan fingerprint density at radius 1 is 1.16 bits per heavy atom. The van der Waals surface area contributed by atoms with Crippen molar-refractivity contribution in [2.75, 3.05) is 6.61 Å². The predicted octanol–water partition coefficient (Wildman–Crippen LogP) is 3.77. The molecule has 1 nitrogen and oxygen atoms in total. The largest absolute Gasteiger partial charge is 0.513 e. The molecule has 0 heterocycles. The van der Waals surface area contributed by atoms with E-state index in [1.807, 2.05) is 0 Å². The van der Waals surface area contributed by atoms with Crippen molar-refractivity contribution in [2.24, 2.45) is 0 Å². The van der Waals surface area contributed by atoms with Gasteiger partial charge < -0.3 is 17.7 Å². The minimum Gasteiger partial charge on any atom is -0.497 e. The van der Waals surface area contributed by atoms with Gasteiger partial charge in [0.2, 0.25) is 0 Å². The van der Waals surface area contributed by atoms with Crippen LogP contribution in [0.25, 0.3) is 0 Å². The van der Waals surface area contributed by atoms with Crippen molar-refractivity contribution in [1.82, 2.24) is 0 Å². The van der Waals surface area contributed by atoms with Crippen molar-refractivity contribution in [3.8, 4) is 5.75 Å². The van der Waals surface area contributed by atoms with Crippen LogP contribution in [0.3, 0.4) is 0 Å². The van der Waals surface area contributed by atoms with Gasteiger partial charge >= 0.3 is 13.2 Å². The first kappa shape index (κ1) is 15.7. The smallest absolute Gasteiger partial charge is 0.497 e. The van der Waals surface area contributed by atoms with Crippen molar-refractivity contribution in [2.45, 2.75) is 25.9 Å². The SMILES string of the molecule is Cc1ccc(OCCCC(F)(F)F)c([B-](F)(F)F)c1. The summed E-state index contributed by atoms with van der Waals surface area (Å²) < 4.78 is 78.6. The maximum absolute atomic E-state index is 12.7. The molecule has 0 bridgehead atoms. The lowest BCUT2D eigenvalue weighted by Gasteiger charge is -2.20. The summed E-state index contributed by atoms with van der Waals surface area (Å²) in [6.45, 7) is -4.15. The Morgan fingerprint density at radius 2 is 1.79 bits per heavy atom. The summed E-state index contributed by atoms with van der Waals surface area (Å²) in [6, 6.07) is 3.48. The minimum atomic E-state index is -5.25. The minimum absolute atomic E-state index is 0.373. The van der Waals surface area contributed by atoms with Crippen molar-refractivity contribution in [3.63, 3.8) is 0 Å². The van der Waals surface area contributed by atoms with Crippen molar-refractivity contribution in [3.05, 3.63) is 23.8 Å². The van der Waals surface area contributed by atoms with Crippen LogP contribution in [0.5, 0.6) is 5.75 Å². The van der Waals surface area contributed by atoms with E-state index in [0.29, 0.717) is 5.56 Å². The fraction of sp³-hybridized carbons (Fsp3) is 0.455. The molecule has 0 atom stereocenters. The van der Waals surface area contributed by atoms with E-state index in [0.717, 1.165) is 12.1 Å². The van der Waals surface area contributed by atoms with E-state index in [-0.39, 0.29) is 6.42 Å². The zero-order valence-corrected chi connectivity index (χ0v) is 10.1. The van der Waals surface area contributed by atoms with Crippen LogP contribution in [-0.2, 0) is 0 Å². The molecule has 108 valence electrons.